The van der Waals surface area contributed by atoms with Gasteiger partial charge < -0.3 is 34.4 Å². The second kappa shape index (κ2) is 14.4. The minimum Gasteiger partial charge on any atom is -0.465 e. The van der Waals surface area contributed by atoms with Crippen LogP contribution in [0.3, 0.4) is 0 Å². The van der Waals surface area contributed by atoms with Crippen LogP contribution < -0.4 is 5.32 Å². The Hall–Kier alpha value is -2.72. The third kappa shape index (κ3) is 8.66. The maximum Gasteiger partial charge on any atom is 0.410 e. The number of hydrogen-bond donors (Lipinski definition) is 2. The number of carbonyl (C=O) groups is 3. The predicted molar refractivity (Wildman–Crippen MR) is 142 cm³/mol. The fourth-order valence-corrected chi connectivity index (χ4v) is 5.57. The van der Waals surface area contributed by atoms with Crippen molar-refractivity contribution in [3.63, 3.8) is 0 Å². The molecule has 0 spiro atoms. The number of methoxy groups -OCH3 is 1. The Morgan fingerprint density at radius 2 is 1.95 bits per heavy atom. The van der Waals surface area contributed by atoms with Gasteiger partial charge in [0.1, 0.15) is 6.10 Å². The molecular weight excluding hydrogens is 514 g/mol. The number of ether oxygens (including phenoxy) is 3. The minimum absolute atomic E-state index is 0.0128. The van der Waals surface area contributed by atoms with Crippen LogP contribution in [-0.4, -0.2) is 85.7 Å². The van der Waals surface area contributed by atoms with E-state index in [1.165, 1.54) is 12.0 Å². The Balaban J connectivity index is 1.68. The van der Waals surface area contributed by atoms with E-state index < -0.39 is 24.4 Å². The van der Waals surface area contributed by atoms with Crippen LogP contribution in [0.1, 0.15) is 51.2 Å². The van der Waals surface area contributed by atoms with Crippen molar-refractivity contribution in [2.45, 2.75) is 51.7 Å². The van der Waals surface area contributed by atoms with Crippen molar-refractivity contribution >= 4 is 29.9 Å². The largest absolute Gasteiger partial charge is 0.465 e. The molecule has 0 saturated carbocycles. The van der Waals surface area contributed by atoms with Crippen LogP contribution in [0.4, 0.5) is 14.4 Å². The van der Waals surface area contributed by atoms with E-state index in [4.69, 9.17) is 21.1 Å². The monoisotopic (exact) mass is 553 g/mol. The number of carboxylic acid groups (broad SMARTS) is 1. The van der Waals surface area contributed by atoms with Crippen molar-refractivity contribution in [3.8, 4) is 0 Å². The molecule has 1 aromatic rings. The molecule has 4 atom stereocenters. The van der Waals surface area contributed by atoms with Gasteiger partial charge in [0.15, 0.2) is 0 Å². The summed E-state index contributed by atoms with van der Waals surface area (Å²) in [6.45, 7) is 6.42. The number of rotatable bonds is 9. The third-order valence-corrected chi connectivity index (χ3v) is 7.40. The molecule has 2 unspecified atom stereocenters. The number of alkyl carbamates (subject to hydrolysis) is 1. The number of amides is 3. The number of carbonyl (C=O) groups excluding carboxylic acids is 2. The summed E-state index contributed by atoms with van der Waals surface area (Å²) >= 11 is 6.26. The van der Waals surface area contributed by atoms with Crippen LogP contribution in [-0.2, 0) is 14.2 Å². The van der Waals surface area contributed by atoms with Crippen molar-refractivity contribution < 1.29 is 33.7 Å². The molecule has 0 aromatic heterocycles. The highest BCUT2D eigenvalue weighted by Crippen LogP contribution is 2.35. The zero-order valence-electron chi connectivity index (χ0n) is 22.4. The Morgan fingerprint density at radius 1 is 1.16 bits per heavy atom. The number of likely N-dealkylation sites (tertiary alicyclic amines) is 2. The lowest BCUT2D eigenvalue weighted by atomic mass is 9.86. The van der Waals surface area contributed by atoms with Gasteiger partial charge in [0.2, 0.25) is 0 Å². The first-order chi connectivity index (χ1) is 18.2. The Labute approximate surface area is 229 Å². The number of nitrogens with one attached hydrogen (secondary N) is 1. The average Bonchev–Trinajstić information content (AvgIpc) is 2.89. The summed E-state index contributed by atoms with van der Waals surface area (Å²) in [5.74, 6) is 0.530. The van der Waals surface area contributed by atoms with Gasteiger partial charge in [-0.25, -0.2) is 14.4 Å². The first-order valence-electron chi connectivity index (χ1n) is 13.3. The molecule has 0 aliphatic carbocycles. The Kier molecular flexibility index (Phi) is 11.3. The lowest BCUT2D eigenvalue weighted by molar-refractivity contribution is -0.0346. The first-order valence-corrected chi connectivity index (χ1v) is 13.7. The number of halogens is 1. The van der Waals surface area contributed by atoms with Crippen LogP contribution in [0.2, 0.25) is 5.02 Å². The third-order valence-electron chi connectivity index (χ3n) is 7.17. The first kappa shape index (κ1) is 29.8. The Bertz CT molecular complexity index is 947. The summed E-state index contributed by atoms with van der Waals surface area (Å²) in [7, 11) is 1.30. The van der Waals surface area contributed by atoms with Crippen LogP contribution in [0.15, 0.2) is 24.3 Å². The Morgan fingerprint density at radius 3 is 2.63 bits per heavy atom. The summed E-state index contributed by atoms with van der Waals surface area (Å²) < 4.78 is 16.8. The normalized spacial score (nSPS) is 22.6. The predicted octanol–water partition coefficient (Wildman–Crippen LogP) is 5.02. The summed E-state index contributed by atoms with van der Waals surface area (Å²) in [6, 6.07) is 7.46. The average molecular weight is 554 g/mol. The second-order valence-corrected chi connectivity index (χ2v) is 10.9. The van der Waals surface area contributed by atoms with E-state index in [9.17, 15) is 19.5 Å². The molecular formula is C27H40ClN3O7. The maximum atomic E-state index is 13.3. The van der Waals surface area contributed by atoms with E-state index in [1.54, 1.807) is 11.0 Å². The molecule has 212 valence electrons. The number of nitrogens with zero attached hydrogens (tertiary/aromatic N) is 2. The van der Waals surface area contributed by atoms with E-state index in [0.29, 0.717) is 37.0 Å². The number of piperidine rings is 2. The molecule has 2 fully saturated rings. The fraction of sp³-hybridized carbons (Fsp3) is 0.667. The van der Waals surface area contributed by atoms with Crippen molar-refractivity contribution in [1.29, 1.82) is 0 Å². The zero-order valence-corrected chi connectivity index (χ0v) is 23.2. The summed E-state index contributed by atoms with van der Waals surface area (Å²) in [4.78, 5) is 39.3. The lowest BCUT2D eigenvalue weighted by Gasteiger charge is -2.40. The number of hydrogen-bond acceptors (Lipinski definition) is 6. The van der Waals surface area contributed by atoms with Crippen LogP contribution >= 0.6 is 11.6 Å². The highest BCUT2D eigenvalue weighted by molar-refractivity contribution is 6.30. The molecule has 10 nitrogen and oxygen atoms in total. The van der Waals surface area contributed by atoms with Crippen LogP contribution in [0, 0.1) is 17.8 Å². The molecule has 3 amide bonds. The van der Waals surface area contributed by atoms with E-state index in [1.807, 2.05) is 18.2 Å². The van der Waals surface area contributed by atoms with Gasteiger partial charge in [-0.05, 0) is 55.2 Å². The van der Waals surface area contributed by atoms with Crippen molar-refractivity contribution in [2.24, 2.45) is 17.8 Å². The maximum absolute atomic E-state index is 13.3. The zero-order chi connectivity index (χ0) is 27.7. The van der Waals surface area contributed by atoms with Gasteiger partial charge in [0.25, 0.3) is 0 Å². The van der Waals surface area contributed by atoms with E-state index >= 15 is 0 Å². The molecule has 2 aliphatic heterocycles. The molecule has 2 N–H and O–H groups in total. The van der Waals surface area contributed by atoms with E-state index in [0.717, 1.165) is 24.8 Å². The van der Waals surface area contributed by atoms with Crippen LogP contribution in [0.5, 0.6) is 0 Å². The van der Waals surface area contributed by atoms with Gasteiger partial charge in [0, 0.05) is 37.1 Å². The summed E-state index contributed by atoms with van der Waals surface area (Å²) in [5.41, 5.74) is 0.900. The SMILES string of the molecule is COC(=O)NCCO[C@@H](c1cccc(Cl)c1)[C@@H]1CCCN(C(=O)OC2CN(C(=O)O)CCC2CC(C)C)C1. The van der Waals surface area contributed by atoms with Gasteiger partial charge in [0.05, 0.1) is 26.4 Å². The van der Waals surface area contributed by atoms with E-state index in [2.05, 4.69) is 23.9 Å². The van der Waals surface area contributed by atoms with Gasteiger partial charge in [-0.1, -0.05) is 37.6 Å². The van der Waals surface area contributed by atoms with E-state index in [-0.39, 0.29) is 37.6 Å². The van der Waals surface area contributed by atoms with Gasteiger partial charge in [-0.3, -0.25) is 0 Å². The van der Waals surface area contributed by atoms with Gasteiger partial charge in [-0.15, -0.1) is 0 Å². The second-order valence-electron chi connectivity index (χ2n) is 10.4. The molecule has 2 saturated heterocycles. The number of benzene rings is 1. The van der Waals surface area contributed by atoms with Crippen molar-refractivity contribution in [2.75, 3.05) is 46.4 Å². The highest BCUT2D eigenvalue weighted by atomic mass is 35.5. The molecule has 3 rings (SSSR count). The highest BCUT2D eigenvalue weighted by Gasteiger charge is 2.37. The molecule has 2 heterocycles. The van der Waals surface area contributed by atoms with Crippen molar-refractivity contribution in [1.82, 2.24) is 15.1 Å². The topological polar surface area (TPSA) is 118 Å². The standard InChI is InChI=1S/C27H40ClN3O7/c1-18(2)14-19-9-12-30(26(33)34)17-23(19)38-27(35)31-11-5-7-21(16-31)24(20-6-4-8-22(28)15-20)37-13-10-29-25(32)36-3/h4,6,8,15,18-19,21,23-24H,5,7,9-14,16-17H2,1-3H3,(H,29,32)(H,33,34)/t19?,21-,23?,24+/m1/s1. The smallest absolute Gasteiger partial charge is 0.410 e. The molecule has 0 radical (unpaired) electrons. The quantitative estimate of drug-likeness (QED) is 0.412. The molecule has 1 aromatic carbocycles. The lowest BCUT2D eigenvalue weighted by Crippen LogP contribution is -2.50. The fourth-order valence-electron chi connectivity index (χ4n) is 5.37. The van der Waals surface area contributed by atoms with Crippen molar-refractivity contribution in [3.05, 3.63) is 34.9 Å². The minimum atomic E-state index is -0.990. The van der Waals surface area contributed by atoms with Gasteiger partial charge in [-0.2, -0.15) is 0 Å². The summed E-state index contributed by atoms with van der Waals surface area (Å²) in [6.07, 6.45) is 0.425. The molecule has 38 heavy (non-hydrogen) atoms. The van der Waals surface area contributed by atoms with Crippen LogP contribution in [0.25, 0.3) is 0 Å². The molecule has 0 bridgehead atoms. The van der Waals surface area contributed by atoms with Gasteiger partial charge >= 0.3 is 18.3 Å². The molecule has 11 heteroatoms. The summed E-state index contributed by atoms with van der Waals surface area (Å²) in [5, 5.41) is 12.7. The molecule has 2 aliphatic rings.